The van der Waals surface area contributed by atoms with Gasteiger partial charge in [0.25, 0.3) is 0 Å². The van der Waals surface area contributed by atoms with Gasteiger partial charge in [0.1, 0.15) is 13.2 Å². The molecule has 0 spiro atoms. The Kier molecular flexibility index (Phi) is 4.33. The van der Waals surface area contributed by atoms with Crippen molar-refractivity contribution in [3.05, 3.63) is 12.1 Å². The summed E-state index contributed by atoms with van der Waals surface area (Å²) in [6, 6.07) is 3.08. The van der Waals surface area contributed by atoms with Gasteiger partial charge in [0.15, 0.2) is 11.5 Å². The molecular formula is C13H19N3O3. The van der Waals surface area contributed by atoms with Crippen LogP contribution in [0.1, 0.15) is 19.8 Å². The molecule has 2 rings (SSSR count). The molecule has 1 aliphatic heterocycles. The normalized spacial score (nSPS) is 12.9. The number of fused-ring (bicyclic) bond motifs is 1. The highest BCUT2D eigenvalue weighted by atomic mass is 16.6. The number of nitrogens with one attached hydrogen (secondary N) is 2. The first-order valence-electron chi connectivity index (χ1n) is 6.44. The minimum absolute atomic E-state index is 0.267. The van der Waals surface area contributed by atoms with Crippen LogP contribution in [0.5, 0.6) is 11.5 Å². The van der Waals surface area contributed by atoms with Gasteiger partial charge >= 0.3 is 6.03 Å². The second-order valence-electron chi connectivity index (χ2n) is 4.32. The summed E-state index contributed by atoms with van der Waals surface area (Å²) in [7, 11) is 0. The highest BCUT2D eigenvalue weighted by Gasteiger charge is 2.15. The van der Waals surface area contributed by atoms with E-state index in [9.17, 15) is 4.79 Å². The number of hydrogen-bond donors (Lipinski definition) is 3. The Bertz CT molecular complexity index is 463. The predicted molar refractivity (Wildman–Crippen MR) is 73.8 cm³/mol. The van der Waals surface area contributed by atoms with E-state index in [0.29, 0.717) is 42.6 Å². The third-order valence-electron chi connectivity index (χ3n) is 2.78. The molecule has 1 heterocycles. The van der Waals surface area contributed by atoms with Crippen molar-refractivity contribution in [2.24, 2.45) is 0 Å². The molecule has 0 aliphatic carbocycles. The summed E-state index contributed by atoms with van der Waals surface area (Å²) >= 11 is 0. The number of unbranched alkanes of at least 4 members (excludes halogenated alkanes) is 1. The van der Waals surface area contributed by atoms with E-state index < -0.39 is 0 Å². The van der Waals surface area contributed by atoms with Gasteiger partial charge in [-0.2, -0.15) is 0 Å². The molecule has 0 unspecified atom stereocenters. The van der Waals surface area contributed by atoms with Crippen molar-refractivity contribution >= 4 is 17.4 Å². The molecule has 0 saturated carbocycles. The number of urea groups is 1. The number of nitrogens with two attached hydrogens (primary N) is 1. The van der Waals surface area contributed by atoms with Gasteiger partial charge in [-0.05, 0) is 6.42 Å². The van der Waals surface area contributed by atoms with E-state index in [4.69, 9.17) is 15.2 Å². The van der Waals surface area contributed by atoms with Crippen LogP contribution in [-0.2, 0) is 0 Å². The van der Waals surface area contributed by atoms with Gasteiger partial charge in [0.05, 0.1) is 11.4 Å². The van der Waals surface area contributed by atoms with Crippen molar-refractivity contribution in [1.82, 2.24) is 5.32 Å². The maximum Gasteiger partial charge on any atom is 0.319 e. The summed E-state index contributed by atoms with van der Waals surface area (Å²) in [5.74, 6) is 1.21. The van der Waals surface area contributed by atoms with E-state index in [1.165, 1.54) is 0 Å². The predicted octanol–water partition coefficient (Wildman–Crippen LogP) is 1.96. The minimum Gasteiger partial charge on any atom is -0.486 e. The zero-order valence-corrected chi connectivity index (χ0v) is 11.0. The largest absolute Gasteiger partial charge is 0.486 e. The molecule has 0 aromatic heterocycles. The highest BCUT2D eigenvalue weighted by Crippen LogP contribution is 2.36. The van der Waals surface area contributed by atoms with Crippen molar-refractivity contribution in [2.75, 3.05) is 30.8 Å². The summed E-state index contributed by atoms with van der Waals surface area (Å²) in [6.45, 7) is 3.72. The monoisotopic (exact) mass is 265 g/mol. The summed E-state index contributed by atoms with van der Waals surface area (Å²) in [6.07, 6.45) is 1.98. The molecule has 19 heavy (non-hydrogen) atoms. The molecule has 4 N–H and O–H groups in total. The van der Waals surface area contributed by atoms with Gasteiger partial charge in [0, 0.05) is 18.7 Å². The first-order chi connectivity index (χ1) is 9.20. The van der Waals surface area contributed by atoms with Crippen LogP contribution in [0.2, 0.25) is 0 Å². The van der Waals surface area contributed by atoms with Crippen LogP contribution in [0, 0.1) is 0 Å². The van der Waals surface area contributed by atoms with Gasteiger partial charge in [-0.1, -0.05) is 13.3 Å². The van der Waals surface area contributed by atoms with Crippen molar-refractivity contribution in [1.29, 1.82) is 0 Å². The number of carbonyl (C=O) groups is 1. The van der Waals surface area contributed by atoms with Crippen LogP contribution in [0.3, 0.4) is 0 Å². The van der Waals surface area contributed by atoms with Crippen molar-refractivity contribution in [3.63, 3.8) is 0 Å². The molecule has 6 heteroatoms. The lowest BCUT2D eigenvalue weighted by Gasteiger charge is -2.20. The van der Waals surface area contributed by atoms with Crippen LogP contribution in [-0.4, -0.2) is 25.8 Å². The lowest BCUT2D eigenvalue weighted by molar-refractivity contribution is 0.172. The van der Waals surface area contributed by atoms with Crippen LogP contribution >= 0.6 is 0 Å². The SMILES string of the molecule is CCCCNC(=O)Nc1cc2c(cc1N)OCCO2. The Hall–Kier alpha value is -2.11. The molecule has 1 aliphatic rings. The number of nitrogen functional groups attached to an aromatic ring is 1. The molecule has 0 radical (unpaired) electrons. The molecule has 0 fully saturated rings. The Labute approximate surface area is 112 Å². The number of rotatable bonds is 4. The third kappa shape index (κ3) is 3.43. The van der Waals surface area contributed by atoms with Crippen molar-refractivity contribution < 1.29 is 14.3 Å². The van der Waals surface area contributed by atoms with Crippen LogP contribution in [0.4, 0.5) is 16.2 Å². The van der Waals surface area contributed by atoms with Crippen LogP contribution in [0.15, 0.2) is 12.1 Å². The van der Waals surface area contributed by atoms with Crippen LogP contribution in [0.25, 0.3) is 0 Å². The van der Waals surface area contributed by atoms with Gasteiger partial charge in [-0.3, -0.25) is 0 Å². The Balaban J connectivity index is 2.01. The summed E-state index contributed by atoms with van der Waals surface area (Å²) in [5.41, 5.74) is 6.85. The minimum atomic E-state index is -0.267. The van der Waals surface area contributed by atoms with Crippen molar-refractivity contribution in [3.8, 4) is 11.5 Å². The van der Waals surface area contributed by atoms with Gasteiger partial charge in [0.2, 0.25) is 0 Å². The molecule has 104 valence electrons. The summed E-state index contributed by atoms with van der Waals surface area (Å²) in [5, 5.41) is 5.47. The Morgan fingerprint density at radius 2 is 2.00 bits per heavy atom. The van der Waals surface area contributed by atoms with Crippen molar-refractivity contribution in [2.45, 2.75) is 19.8 Å². The summed E-state index contributed by atoms with van der Waals surface area (Å²) < 4.78 is 10.9. The fourth-order valence-electron chi connectivity index (χ4n) is 1.76. The highest BCUT2D eigenvalue weighted by molar-refractivity contribution is 5.93. The quantitative estimate of drug-likeness (QED) is 0.574. The molecule has 0 bridgehead atoms. The molecular weight excluding hydrogens is 246 g/mol. The number of amides is 2. The lowest BCUT2D eigenvalue weighted by Crippen LogP contribution is -2.29. The first kappa shape index (κ1) is 13.3. The summed E-state index contributed by atoms with van der Waals surface area (Å²) in [4.78, 5) is 11.7. The zero-order chi connectivity index (χ0) is 13.7. The Morgan fingerprint density at radius 1 is 1.32 bits per heavy atom. The first-order valence-corrected chi connectivity index (χ1v) is 6.44. The second-order valence-corrected chi connectivity index (χ2v) is 4.32. The molecule has 2 amide bonds. The van der Waals surface area contributed by atoms with Gasteiger partial charge < -0.3 is 25.8 Å². The number of carbonyl (C=O) groups excluding carboxylic acids is 1. The second kappa shape index (κ2) is 6.17. The average molecular weight is 265 g/mol. The topological polar surface area (TPSA) is 85.6 Å². The number of ether oxygens (including phenoxy) is 2. The fourth-order valence-corrected chi connectivity index (χ4v) is 1.76. The van der Waals surface area contributed by atoms with E-state index >= 15 is 0 Å². The number of benzene rings is 1. The number of anilines is 2. The van der Waals surface area contributed by atoms with Crippen LogP contribution < -0.4 is 25.8 Å². The van der Waals surface area contributed by atoms with Gasteiger partial charge in [-0.25, -0.2) is 4.79 Å². The fraction of sp³-hybridized carbons (Fsp3) is 0.462. The van der Waals surface area contributed by atoms with E-state index in [1.54, 1.807) is 12.1 Å². The number of hydrogen-bond acceptors (Lipinski definition) is 4. The van der Waals surface area contributed by atoms with E-state index in [0.717, 1.165) is 12.8 Å². The molecule has 0 atom stereocenters. The third-order valence-corrected chi connectivity index (χ3v) is 2.78. The lowest BCUT2D eigenvalue weighted by atomic mass is 10.2. The van der Waals surface area contributed by atoms with E-state index in [1.807, 2.05) is 0 Å². The smallest absolute Gasteiger partial charge is 0.319 e. The van der Waals surface area contributed by atoms with E-state index in [2.05, 4.69) is 17.6 Å². The average Bonchev–Trinajstić information content (AvgIpc) is 2.40. The molecule has 1 aromatic rings. The molecule has 6 nitrogen and oxygen atoms in total. The van der Waals surface area contributed by atoms with Gasteiger partial charge in [-0.15, -0.1) is 0 Å². The van der Waals surface area contributed by atoms with E-state index in [-0.39, 0.29) is 6.03 Å². The standard InChI is InChI=1S/C13H19N3O3/c1-2-3-4-15-13(17)16-10-8-12-11(7-9(10)14)18-5-6-19-12/h7-8H,2-6,14H2,1H3,(H2,15,16,17). The Morgan fingerprint density at radius 3 is 2.68 bits per heavy atom. The molecule has 1 aromatic carbocycles. The molecule has 0 saturated heterocycles. The maximum atomic E-state index is 11.7. The maximum absolute atomic E-state index is 11.7. The zero-order valence-electron chi connectivity index (χ0n) is 11.0.